The second-order valence-electron chi connectivity index (χ2n) is 5.48. The first kappa shape index (κ1) is 18.2. The largest absolute Gasteiger partial charge is 0.449 e. The third kappa shape index (κ3) is 3.79. The molecule has 0 amide bonds. The van der Waals surface area contributed by atoms with Crippen molar-refractivity contribution in [3.8, 4) is 16.9 Å². The molecule has 3 aromatic rings. The van der Waals surface area contributed by atoms with Crippen molar-refractivity contribution >= 4 is 27.4 Å². The number of carbonyl (C=O) groups is 1. The number of halogens is 1. The number of sulfone groups is 1. The Hall–Kier alpha value is -2.64. The van der Waals surface area contributed by atoms with Gasteiger partial charge in [0.25, 0.3) is 0 Å². The zero-order valence-corrected chi connectivity index (χ0v) is 15.4. The summed E-state index contributed by atoms with van der Waals surface area (Å²) in [5.41, 5.74) is 2.30. The fourth-order valence-electron chi connectivity index (χ4n) is 2.42. The Morgan fingerprint density at radius 3 is 2.38 bits per heavy atom. The lowest BCUT2D eigenvalue weighted by Crippen LogP contribution is -2.12. The van der Waals surface area contributed by atoms with E-state index in [2.05, 4.69) is 9.72 Å². The minimum Gasteiger partial charge on any atom is -0.449 e. The summed E-state index contributed by atoms with van der Waals surface area (Å²) in [6.45, 7) is 1.16. The molecule has 134 valence electrons. The summed E-state index contributed by atoms with van der Waals surface area (Å²) in [6.07, 6.45) is 1.58. The maximum Gasteiger partial charge on any atom is 0.303 e. The number of nitrogens with zero attached hydrogens (tertiary/aromatic N) is 2. The van der Waals surface area contributed by atoms with E-state index in [1.807, 2.05) is 30.3 Å². The smallest absolute Gasteiger partial charge is 0.303 e. The van der Waals surface area contributed by atoms with Crippen molar-refractivity contribution in [3.05, 3.63) is 66.1 Å². The molecule has 0 aliphatic carbocycles. The van der Waals surface area contributed by atoms with E-state index >= 15 is 0 Å². The molecule has 0 fully saturated rings. The molecular formula is C18H15ClN2O4S. The summed E-state index contributed by atoms with van der Waals surface area (Å²) in [6, 6.07) is 15.7. The van der Waals surface area contributed by atoms with Crippen LogP contribution in [-0.2, 0) is 19.4 Å². The number of hydrogen-bond donors (Lipinski definition) is 0. The molecule has 1 aromatic heterocycles. The molecular weight excluding hydrogens is 376 g/mol. The van der Waals surface area contributed by atoms with Gasteiger partial charge >= 0.3 is 5.97 Å². The summed E-state index contributed by atoms with van der Waals surface area (Å²) in [7, 11) is -3.71. The molecule has 0 aliphatic heterocycles. The second-order valence-corrected chi connectivity index (χ2v) is 7.78. The van der Waals surface area contributed by atoms with Crippen LogP contribution in [0, 0.1) is 0 Å². The highest BCUT2D eigenvalue weighted by molar-refractivity contribution is 7.91. The average molecular weight is 391 g/mol. The molecule has 26 heavy (non-hydrogen) atoms. The Bertz CT molecular complexity index is 1030. The number of ether oxygens (including phenoxy) is 1. The van der Waals surface area contributed by atoms with Gasteiger partial charge in [0.2, 0.25) is 9.84 Å². The molecule has 0 spiro atoms. The maximum atomic E-state index is 12.2. The molecule has 3 rings (SSSR count). The normalized spacial score (nSPS) is 11.3. The van der Waals surface area contributed by atoms with E-state index in [-0.39, 0.29) is 4.90 Å². The van der Waals surface area contributed by atoms with Gasteiger partial charge in [0.05, 0.1) is 10.6 Å². The molecule has 0 bridgehead atoms. The van der Waals surface area contributed by atoms with Crippen LogP contribution in [0.3, 0.4) is 0 Å². The number of benzene rings is 2. The van der Waals surface area contributed by atoms with Crippen LogP contribution in [-0.4, -0.2) is 29.9 Å². The predicted octanol–water partition coefficient (Wildman–Crippen LogP) is 3.49. The number of aromatic nitrogens is 2. The van der Waals surface area contributed by atoms with Gasteiger partial charge < -0.3 is 4.74 Å². The highest BCUT2D eigenvalue weighted by atomic mass is 35.5. The van der Waals surface area contributed by atoms with Gasteiger partial charge in [-0.1, -0.05) is 41.9 Å². The topological polar surface area (TPSA) is 78.3 Å². The lowest BCUT2D eigenvalue weighted by Gasteiger charge is -2.10. The molecule has 0 atom stereocenters. The number of hydrogen-bond acceptors (Lipinski definition) is 5. The predicted molar refractivity (Wildman–Crippen MR) is 97.8 cm³/mol. The van der Waals surface area contributed by atoms with Crippen LogP contribution in [0.4, 0.5) is 0 Å². The Kier molecular flexibility index (Phi) is 5.11. The first-order valence-electron chi connectivity index (χ1n) is 7.63. The zero-order valence-electron chi connectivity index (χ0n) is 13.8. The molecule has 0 N–H and O–H groups in total. The summed E-state index contributed by atoms with van der Waals surface area (Å²) >= 11 is 6.23. The number of imidazole rings is 1. The van der Waals surface area contributed by atoms with Crippen LogP contribution >= 0.6 is 11.6 Å². The van der Waals surface area contributed by atoms with E-state index in [1.54, 1.807) is 23.0 Å². The first-order valence-corrected chi connectivity index (χ1v) is 9.66. The minimum absolute atomic E-state index is 0.0648. The summed E-state index contributed by atoms with van der Waals surface area (Å²) < 4.78 is 30.7. The lowest BCUT2D eigenvalue weighted by atomic mass is 10.1. The van der Waals surface area contributed by atoms with Crippen LogP contribution in [0.25, 0.3) is 16.9 Å². The van der Waals surface area contributed by atoms with Crippen molar-refractivity contribution in [2.45, 2.75) is 11.8 Å². The van der Waals surface area contributed by atoms with E-state index in [0.29, 0.717) is 16.5 Å². The third-order valence-corrected chi connectivity index (χ3v) is 5.36. The van der Waals surface area contributed by atoms with Crippen LogP contribution < -0.4 is 0 Å². The van der Waals surface area contributed by atoms with E-state index in [1.165, 1.54) is 12.1 Å². The Labute approximate surface area is 155 Å². The van der Waals surface area contributed by atoms with Crippen molar-refractivity contribution in [1.82, 2.24) is 9.55 Å². The SMILES string of the molecule is CC(=O)OCS(=O)(=O)c1ccc(-n2cnc(Cl)c2-c2ccccc2)cc1. The fraction of sp³-hybridized carbons (Fsp3) is 0.111. The molecule has 2 aromatic carbocycles. The van der Waals surface area contributed by atoms with Gasteiger partial charge in [-0.25, -0.2) is 13.4 Å². The first-order chi connectivity index (χ1) is 12.4. The summed E-state index contributed by atoms with van der Waals surface area (Å²) in [4.78, 5) is 15.0. The van der Waals surface area contributed by atoms with Crippen molar-refractivity contribution in [2.24, 2.45) is 0 Å². The van der Waals surface area contributed by atoms with Gasteiger partial charge in [-0.3, -0.25) is 9.36 Å². The van der Waals surface area contributed by atoms with Gasteiger partial charge in [-0.05, 0) is 24.3 Å². The fourth-order valence-corrected chi connectivity index (χ4v) is 3.67. The molecule has 0 unspecified atom stereocenters. The van der Waals surface area contributed by atoms with Crippen molar-refractivity contribution in [2.75, 3.05) is 5.94 Å². The van der Waals surface area contributed by atoms with Crippen LogP contribution in [0.15, 0.2) is 65.8 Å². The molecule has 0 saturated carbocycles. The lowest BCUT2D eigenvalue weighted by molar-refractivity contribution is -0.138. The van der Waals surface area contributed by atoms with Crippen LogP contribution in [0.5, 0.6) is 0 Å². The highest BCUT2D eigenvalue weighted by Crippen LogP contribution is 2.29. The standard InChI is InChI=1S/C18H15ClN2O4S/c1-13(22)25-12-26(23,24)16-9-7-15(8-10-16)21-11-20-18(19)17(21)14-5-3-2-4-6-14/h2-11H,12H2,1H3. The van der Waals surface area contributed by atoms with Crippen molar-refractivity contribution in [3.63, 3.8) is 0 Å². The summed E-state index contributed by atoms with van der Waals surface area (Å²) in [5, 5.41) is 0.350. The van der Waals surface area contributed by atoms with E-state index in [9.17, 15) is 13.2 Å². The Balaban J connectivity index is 1.95. The number of esters is 1. The van der Waals surface area contributed by atoms with Crippen LogP contribution in [0.1, 0.15) is 6.92 Å². The van der Waals surface area contributed by atoms with Gasteiger partial charge in [-0.2, -0.15) is 0 Å². The zero-order chi connectivity index (χ0) is 18.7. The summed E-state index contributed by atoms with van der Waals surface area (Å²) in [5.74, 6) is -1.33. The van der Waals surface area contributed by atoms with Crippen LogP contribution in [0.2, 0.25) is 5.15 Å². The Morgan fingerprint density at radius 2 is 1.77 bits per heavy atom. The van der Waals surface area contributed by atoms with E-state index in [4.69, 9.17) is 11.6 Å². The molecule has 6 nitrogen and oxygen atoms in total. The monoisotopic (exact) mass is 390 g/mol. The maximum absolute atomic E-state index is 12.2. The minimum atomic E-state index is -3.71. The molecule has 0 radical (unpaired) electrons. The number of carbonyl (C=O) groups excluding carboxylic acids is 1. The van der Waals surface area contributed by atoms with Gasteiger partial charge in [0, 0.05) is 18.2 Å². The molecule has 1 heterocycles. The van der Waals surface area contributed by atoms with Crippen molar-refractivity contribution in [1.29, 1.82) is 0 Å². The van der Waals surface area contributed by atoms with Gasteiger partial charge in [-0.15, -0.1) is 0 Å². The average Bonchev–Trinajstić information content (AvgIpc) is 3.02. The second kappa shape index (κ2) is 7.31. The molecule has 8 heteroatoms. The van der Waals surface area contributed by atoms with Gasteiger partial charge in [0.15, 0.2) is 11.1 Å². The quantitative estimate of drug-likeness (QED) is 0.623. The van der Waals surface area contributed by atoms with E-state index in [0.717, 1.165) is 12.5 Å². The Morgan fingerprint density at radius 1 is 1.12 bits per heavy atom. The van der Waals surface area contributed by atoms with Crippen molar-refractivity contribution < 1.29 is 17.9 Å². The number of rotatable bonds is 5. The molecule has 0 saturated heterocycles. The highest BCUT2D eigenvalue weighted by Gasteiger charge is 2.17. The molecule has 0 aliphatic rings. The van der Waals surface area contributed by atoms with Gasteiger partial charge in [0.1, 0.15) is 6.33 Å². The third-order valence-electron chi connectivity index (χ3n) is 3.66. The van der Waals surface area contributed by atoms with E-state index < -0.39 is 21.7 Å².